The van der Waals surface area contributed by atoms with Crippen molar-refractivity contribution in [1.82, 2.24) is 15.3 Å². The summed E-state index contributed by atoms with van der Waals surface area (Å²) in [5.74, 6) is -1.39. The molecule has 0 saturated carbocycles. The number of nitrogens with one attached hydrogen (secondary N) is 1. The van der Waals surface area contributed by atoms with Crippen LogP contribution in [0, 0.1) is 5.41 Å². The number of amides is 1. The van der Waals surface area contributed by atoms with E-state index in [1.54, 1.807) is 38.5 Å². The second-order valence-corrected chi connectivity index (χ2v) is 7.13. The fourth-order valence-corrected chi connectivity index (χ4v) is 2.85. The van der Waals surface area contributed by atoms with E-state index in [2.05, 4.69) is 15.3 Å². The second-order valence-electron chi connectivity index (χ2n) is 6.27. The number of hydrogen-bond acceptors (Lipinski definition) is 5. The molecule has 0 radical (unpaired) electrons. The predicted octanol–water partition coefficient (Wildman–Crippen LogP) is 2.36. The van der Waals surface area contributed by atoms with Gasteiger partial charge in [0.25, 0.3) is 0 Å². The van der Waals surface area contributed by atoms with Crippen LogP contribution in [0.4, 0.5) is 0 Å². The van der Waals surface area contributed by atoms with Gasteiger partial charge in [-0.3, -0.25) is 9.78 Å². The average molecular weight is 333 g/mol. The third-order valence-electron chi connectivity index (χ3n) is 3.22. The second kappa shape index (κ2) is 6.87. The monoisotopic (exact) mass is 333 g/mol. The fraction of sp³-hybridized carbons (Fsp3) is 0.375. The molecular weight excluding hydrogens is 314 g/mol. The first kappa shape index (κ1) is 17.1. The van der Waals surface area contributed by atoms with E-state index >= 15 is 0 Å². The lowest BCUT2D eigenvalue weighted by atomic mass is 9.86. The quantitative estimate of drug-likeness (QED) is 0.876. The SMILES string of the molecule is CC(C)(C)[C@H](NC(=O)Cc1csc(-c2cccnc2)n1)C(=O)O. The van der Waals surface area contributed by atoms with Gasteiger partial charge in [0.1, 0.15) is 11.0 Å². The summed E-state index contributed by atoms with van der Waals surface area (Å²) < 4.78 is 0. The van der Waals surface area contributed by atoms with Crippen LogP contribution in [0.25, 0.3) is 10.6 Å². The third-order valence-corrected chi connectivity index (χ3v) is 4.16. The summed E-state index contributed by atoms with van der Waals surface area (Å²) in [6.07, 6.45) is 3.45. The molecular formula is C16H19N3O3S. The highest BCUT2D eigenvalue weighted by Gasteiger charge is 2.32. The van der Waals surface area contributed by atoms with E-state index in [0.29, 0.717) is 5.69 Å². The van der Waals surface area contributed by atoms with Gasteiger partial charge in [-0.15, -0.1) is 11.3 Å². The zero-order chi connectivity index (χ0) is 17.0. The van der Waals surface area contributed by atoms with Crippen LogP contribution in [0.2, 0.25) is 0 Å². The van der Waals surface area contributed by atoms with E-state index in [1.165, 1.54) is 11.3 Å². The molecule has 2 aromatic rings. The van der Waals surface area contributed by atoms with Crippen LogP contribution in [0.5, 0.6) is 0 Å². The largest absolute Gasteiger partial charge is 0.480 e. The Hall–Kier alpha value is -2.28. The van der Waals surface area contributed by atoms with Crippen LogP contribution in [0.1, 0.15) is 26.5 Å². The minimum atomic E-state index is -1.04. The fourth-order valence-electron chi connectivity index (χ4n) is 2.04. The minimum absolute atomic E-state index is 0.0522. The van der Waals surface area contributed by atoms with Gasteiger partial charge < -0.3 is 10.4 Å². The number of rotatable bonds is 5. The molecule has 2 N–H and O–H groups in total. The zero-order valence-electron chi connectivity index (χ0n) is 13.2. The van der Waals surface area contributed by atoms with Gasteiger partial charge in [-0.1, -0.05) is 20.8 Å². The maximum absolute atomic E-state index is 12.1. The van der Waals surface area contributed by atoms with E-state index in [1.807, 2.05) is 12.1 Å². The Morgan fingerprint density at radius 3 is 2.70 bits per heavy atom. The molecule has 0 spiro atoms. The summed E-state index contributed by atoms with van der Waals surface area (Å²) in [4.78, 5) is 31.8. The Morgan fingerprint density at radius 2 is 2.13 bits per heavy atom. The highest BCUT2D eigenvalue weighted by Crippen LogP contribution is 2.23. The Balaban J connectivity index is 2.04. The molecule has 2 heterocycles. The van der Waals surface area contributed by atoms with Crippen molar-refractivity contribution < 1.29 is 14.7 Å². The van der Waals surface area contributed by atoms with Gasteiger partial charge in [0, 0.05) is 23.3 Å². The molecule has 0 saturated heterocycles. The van der Waals surface area contributed by atoms with E-state index < -0.39 is 17.4 Å². The Bertz CT molecular complexity index is 692. The van der Waals surface area contributed by atoms with Crippen LogP contribution in [0.15, 0.2) is 29.9 Å². The van der Waals surface area contributed by atoms with Gasteiger partial charge in [0.05, 0.1) is 12.1 Å². The van der Waals surface area contributed by atoms with Gasteiger partial charge in [-0.05, 0) is 17.5 Å². The van der Waals surface area contributed by atoms with Crippen LogP contribution in [-0.2, 0) is 16.0 Å². The summed E-state index contributed by atoms with van der Waals surface area (Å²) in [5, 5.41) is 14.4. The molecule has 23 heavy (non-hydrogen) atoms. The molecule has 0 unspecified atom stereocenters. The number of hydrogen-bond donors (Lipinski definition) is 2. The number of pyridine rings is 1. The standard InChI is InChI=1S/C16H19N3O3S/c1-16(2,3)13(15(21)22)19-12(20)7-11-9-23-14(18-11)10-5-4-6-17-8-10/h4-6,8-9,13H,7H2,1-3H3,(H,19,20)(H,21,22)/t13-/m1/s1. The lowest BCUT2D eigenvalue weighted by Crippen LogP contribution is -2.49. The van der Waals surface area contributed by atoms with Crippen molar-refractivity contribution >= 4 is 23.2 Å². The predicted molar refractivity (Wildman–Crippen MR) is 88.1 cm³/mol. The molecule has 0 fully saturated rings. The summed E-state index contributed by atoms with van der Waals surface area (Å²) in [6, 6.07) is 2.78. The normalized spacial score (nSPS) is 12.7. The van der Waals surface area contributed by atoms with E-state index in [9.17, 15) is 14.7 Å². The van der Waals surface area contributed by atoms with Crippen molar-refractivity contribution in [1.29, 1.82) is 0 Å². The lowest BCUT2D eigenvalue weighted by Gasteiger charge is -2.27. The summed E-state index contributed by atoms with van der Waals surface area (Å²) in [6.45, 7) is 5.32. The lowest BCUT2D eigenvalue weighted by molar-refractivity contribution is -0.144. The number of carbonyl (C=O) groups excluding carboxylic acids is 1. The molecule has 2 rings (SSSR count). The van der Waals surface area contributed by atoms with Gasteiger partial charge in [-0.2, -0.15) is 0 Å². The van der Waals surface area contributed by atoms with Crippen molar-refractivity contribution in [2.75, 3.05) is 0 Å². The molecule has 6 nitrogen and oxygen atoms in total. The van der Waals surface area contributed by atoms with Crippen LogP contribution in [0.3, 0.4) is 0 Å². The maximum atomic E-state index is 12.1. The van der Waals surface area contributed by atoms with E-state index in [-0.39, 0.29) is 12.3 Å². The third kappa shape index (κ3) is 4.59. The van der Waals surface area contributed by atoms with E-state index in [0.717, 1.165) is 10.6 Å². The van der Waals surface area contributed by atoms with Gasteiger partial charge >= 0.3 is 5.97 Å². The highest BCUT2D eigenvalue weighted by molar-refractivity contribution is 7.13. The molecule has 122 valence electrons. The number of carboxylic acid groups (broad SMARTS) is 1. The van der Waals surface area contributed by atoms with Crippen LogP contribution in [-0.4, -0.2) is 33.0 Å². The number of aromatic nitrogens is 2. The van der Waals surface area contributed by atoms with Gasteiger partial charge in [0.2, 0.25) is 5.91 Å². The summed E-state index contributed by atoms with van der Waals surface area (Å²) >= 11 is 1.43. The molecule has 1 atom stereocenters. The van der Waals surface area contributed by atoms with Gasteiger partial charge in [-0.25, -0.2) is 9.78 Å². The van der Waals surface area contributed by atoms with Crippen molar-refractivity contribution in [2.45, 2.75) is 33.2 Å². The number of nitrogens with zero attached hydrogens (tertiary/aromatic N) is 2. The molecule has 0 aromatic carbocycles. The molecule has 2 aromatic heterocycles. The van der Waals surface area contributed by atoms with Crippen LogP contribution < -0.4 is 5.32 Å². The van der Waals surface area contributed by atoms with Gasteiger partial charge in [0.15, 0.2) is 0 Å². The molecule has 0 aliphatic carbocycles. The topological polar surface area (TPSA) is 92.2 Å². The number of carbonyl (C=O) groups is 2. The summed E-state index contributed by atoms with van der Waals surface area (Å²) in [5.41, 5.74) is 0.941. The smallest absolute Gasteiger partial charge is 0.326 e. The molecule has 0 bridgehead atoms. The Morgan fingerprint density at radius 1 is 1.39 bits per heavy atom. The van der Waals surface area contributed by atoms with Crippen LogP contribution >= 0.6 is 11.3 Å². The van der Waals surface area contributed by atoms with Crippen molar-refractivity contribution in [3.8, 4) is 10.6 Å². The number of thiazole rings is 1. The Labute approximate surface area is 138 Å². The number of aliphatic carboxylic acids is 1. The minimum Gasteiger partial charge on any atom is -0.480 e. The molecule has 1 amide bonds. The zero-order valence-corrected chi connectivity index (χ0v) is 14.1. The van der Waals surface area contributed by atoms with Crippen molar-refractivity contribution in [3.63, 3.8) is 0 Å². The number of carboxylic acids is 1. The van der Waals surface area contributed by atoms with Crippen molar-refractivity contribution in [3.05, 3.63) is 35.6 Å². The first-order valence-electron chi connectivity index (χ1n) is 7.14. The van der Waals surface area contributed by atoms with E-state index in [4.69, 9.17) is 0 Å². The first-order chi connectivity index (χ1) is 10.8. The average Bonchev–Trinajstić information content (AvgIpc) is 2.92. The molecule has 7 heteroatoms. The molecule has 0 aliphatic rings. The van der Waals surface area contributed by atoms with Crippen molar-refractivity contribution in [2.24, 2.45) is 5.41 Å². The highest BCUT2D eigenvalue weighted by atomic mass is 32.1. The summed E-state index contributed by atoms with van der Waals surface area (Å²) in [7, 11) is 0. The molecule has 0 aliphatic heterocycles. The first-order valence-corrected chi connectivity index (χ1v) is 8.02. The Kier molecular flexibility index (Phi) is 5.10. The maximum Gasteiger partial charge on any atom is 0.326 e.